The zero-order valence-electron chi connectivity index (χ0n) is 11.8. The molecular formula is C15H20N2O4. The fourth-order valence-electron chi connectivity index (χ4n) is 2.63. The third-order valence-corrected chi connectivity index (χ3v) is 3.81. The van der Waals surface area contributed by atoms with Crippen molar-refractivity contribution in [3.05, 3.63) is 23.8 Å². The number of carbonyl (C=O) groups excluding carboxylic acids is 1. The van der Waals surface area contributed by atoms with E-state index in [0.717, 1.165) is 12.5 Å². The van der Waals surface area contributed by atoms with E-state index in [2.05, 4.69) is 10.6 Å². The van der Waals surface area contributed by atoms with Gasteiger partial charge in [-0.15, -0.1) is 0 Å². The van der Waals surface area contributed by atoms with Crippen molar-refractivity contribution in [3.63, 3.8) is 0 Å². The molecule has 0 aromatic heterocycles. The lowest BCUT2D eigenvalue weighted by Gasteiger charge is -2.11. The SMILES string of the molecule is O=C(NCCC1CCCC1)Nc1ccc(C(=O)O)cc1O. The number of carboxylic acids is 1. The van der Waals surface area contributed by atoms with Crippen LogP contribution >= 0.6 is 0 Å². The smallest absolute Gasteiger partial charge is 0.335 e. The van der Waals surface area contributed by atoms with Gasteiger partial charge in [0.25, 0.3) is 0 Å². The molecule has 114 valence electrons. The third-order valence-electron chi connectivity index (χ3n) is 3.81. The van der Waals surface area contributed by atoms with E-state index < -0.39 is 12.0 Å². The van der Waals surface area contributed by atoms with Gasteiger partial charge in [0.15, 0.2) is 0 Å². The monoisotopic (exact) mass is 292 g/mol. The maximum atomic E-state index is 11.7. The minimum Gasteiger partial charge on any atom is -0.506 e. The quantitative estimate of drug-likeness (QED) is 0.627. The summed E-state index contributed by atoms with van der Waals surface area (Å²) in [6, 6.07) is 3.41. The summed E-state index contributed by atoms with van der Waals surface area (Å²) in [6.45, 7) is 0.602. The molecule has 6 heteroatoms. The number of carbonyl (C=O) groups is 2. The van der Waals surface area contributed by atoms with Crippen molar-refractivity contribution >= 4 is 17.7 Å². The molecule has 1 aromatic carbocycles. The highest BCUT2D eigenvalue weighted by molar-refractivity contribution is 5.93. The van der Waals surface area contributed by atoms with Crippen LogP contribution in [0.15, 0.2) is 18.2 Å². The fourth-order valence-corrected chi connectivity index (χ4v) is 2.63. The molecule has 1 saturated carbocycles. The van der Waals surface area contributed by atoms with Gasteiger partial charge in [0.05, 0.1) is 11.3 Å². The first kappa shape index (κ1) is 15.2. The first-order valence-corrected chi connectivity index (χ1v) is 7.17. The van der Waals surface area contributed by atoms with E-state index in [1.807, 2.05) is 0 Å². The Balaban J connectivity index is 1.80. The maximum Gasteiger partial charge on any atom is 0.335 e. The van der Waals surface area contributed by atoms with Gasteiger partial charge in [-0.2, -0.15) is 0 Å². The van der Waals surface area contributed by atoms with Crippen molar-refractivity contribution < 1.29 is 19.8 Å². The molecule has 1 aliphatic rings. The number of nitrogens with one attached hydrogen (secondary N) is 2. The number of amides is 2. The van der Waals surface area contributed by atoms with Gasteiger partial charge >= 0.3 is 12.0 Å². The Kier molecular flexibility index (Phi) is 5.03. The van der Waals surface area contributed by atoms with Crippen LogP contribution in [0.3, 0.4) is 0 Å². The Morgan fingerprint density at radius 1 is 1.24 bits per heavy atom. The summed E-state index contributed by atoms with van der Waals surface area (Å²) in [5.74, 6) is -0.688. The molecule has 0 saturated heterocycles. The highest BCUT2D eigenvalue weighted by Crippen LogP contribution is 2.27. The zero-order valence-corrected chi connectivity index (χ0v) is 11.8. The Morgan fingerprint density at radius 3 is 2.57 bits per heavy atom. The topological polar surface area (TPSA) is 98.7 Å². The number of aromatic hydroxyl groups is 1. The summed E-state index contributed by atoms with van der Waals surface area (Å²) in [7, 11) is 0. The second kappa shape index (κ2) is 6.97. The van der Waals surface area contributed by atoms with Gasteiger partial charge in [-0.1, -0.05) is 25.7 Å². The number of hydrogen-bond acceptors (Lipinski definition) is 3. The number of urea groups is 1. The van der Waals surface area contributed by atoms with Crippen LogP contribution in [0.4, 0.5) is 10.5 Å². The van der Waals surface area contributed by atoms with E-state index in [1.165, 1.54) is 37.8 Å². The Bertz CT molecular complexity index is 524. The predicted octanol–water partition coefficient (Wildman–Crippen LogP) is 2.79. The molecule has 6 nitrogen and oxygen atoms in total. The van der Waals surface area contributed by atoms with Crippen LogP contribution in [0.2, 0.25) is 0 Å². The molecule has 0 spiro atoms. The van der Waals surface area contributed by atoms with Crippen LogP contribution in [-0.4, -0.2) is 28.8 Å². The molecule has 1 fully saturated rings. The van der Waals surface area contributed by atoms with Gasteiger partial charge in [0.1, 0.15) is 5.75 Å². The molecule has 0 atom stereocenters. The second-order valence-electron chi connectivity index (χ2n) is 5.36. The number of hydrogen-bond donors (Lipinski definition) is 4. The van der Waals surface area contributed by atoms with E-state index >= 15 is 0 Å². The molecular weight excluding hydrogens is 272 g/mol. The van der Waals surface area contributed by atoms with Gasteiger partial charge in [0.2, 0.25) is 0 Å². The van der Waals surface area contributed by atoms with E-state index in [9.17, 15) is 14.7 Å². The standard InChI is InChI=1S/C15H20N2O4/c18-13-9-11(14(19)20)5-6-12(13)17-15(21)16-8-7-10-3-1-2-4-10/h5-6,9-10,18H,1-4,7-8H2,(H,19,20)(H2,16,17,21). The molecule has 0 aliphatic heterocycles. The summed E-state index contributed by atoms with van der Waals surface area (Å²) in [5, 5.41) is 23.7. The number of aromatic carboxylic acids is 1. The van der Waals surface area contributed by atoms with Gasteiger partial charge in [-0.25, -0.2) is 9.59 Å². The lowest BCUT2D eigenvalue weighted by Crippen LogP contribution is -2.30. The van der Waals surface area contributed by atoms with Crippen molar-refractivity contribution in [2.24, 2.45) is 5.92 Å². The molecule has 21 heavy (non-hydrogen) atoms. The summed E-state index contributed by atoms with van der Waals surface area (Å²) in [5.41, 5.74) is 0.165. The molecule has 0 radical (unpaired) electrons. The van der Waals surface area contributed by atoms with Gasteiger partial charge in [-0.3, -0.25) is 0 Å². The minimum atomic E-state index is -1.13. The lowest BCUT2D eigenvalue weighted by atomic mass is 10.0. The first-order chi connectivity index (χ1) is 10.1. The van der Waals surface area contributed by atoms with Crippen LogP contribution < -0.4 is 10.6 Å². The summed E-state index contributed by atoms with van der Waals surface area (Å²) in [4.78, 5) is 22.5. The highest BCUT2D eigenvalue weighted by atomic mass is 16.4. The van der Waals surface area contributed by atoms with Crippen LogP contribution in [-0.2, 0) is 0 Å². The normalized spacial score (nSPS) is 14.9. The lowest BCUT2D eigenvalue weighted by molar-refractivity contribution is 0.0696. The van der Waals surface area contributed by atoms with Crippen LogP contribution in [0.5, 0.6) is 5.75 Å². The number of phenolic OH excluding ortho intramolecular Hbond substituents is 1. The average molecular weight is 292 g/mol. The Labute approximate surface area is 123 Å². The number of phenols is 1. The van der Waals surface area contributed by atoms with Crippen molar-refractivity contribution in [2.75, 3.05) is 11.9 Å². The predicted molar refractivity (Wildman–Crippen MR) is 78.7 cm³/mol. The molecule has 0 bridgehead atoms. The summed E-state index contributed by atoms with van der Waals surface area (Å²) < 4.78 is 0. The molecule has 1 aliphatic carbocycles. The van der Waals surface area contributed by atoms with Crippen LogP contribution in [0, 0.1) is 5.92 Å². The second-order valence-corrected chi connectivity index (χ2v) is 5.36. The van der Waals surface area contributed by atoms with Gasteiger partial charge < -0.3 is 20.8 Å². The molecule has 0 unspecified atom stereocenters. The molecule has 2 amide bonds. The fraction of sp³-hybridized carbons (Fsp3) is 0.467. The van der Waals surface area contributed by atoms with E-state index in [0.29, 0.717) is 12.5 Å². The number of anilines is 1. The maximum absolute atomic E-state index is 11.7. The van der Waals surface area contributed by atoms with Crippen LogP contribution in [0.1, 0.15) is 42.5 Å². The first-order valence-electron chi connectivity index (χ1n) is 7.17. The Hall–Kier alpha value is -2.24. The van der Waals surface area contributed by atoms with Crippen molar-refractivity contribution in [1.29, 1.82) is 0 Å². The molecule has 0 heterocycles. The Morgan fingerprint density at radius 2 is 1.95 bits per heavy atom. The van der Waals surface area contributed by atoms with E-state index in [1.54, 1.807) is 0 Å². The highest BCUT2D eigenvalue weighted by Gasteiger charge is 2.15. The molecule has 1 aromatic rings. The molecule has 4 N–H and O–H groups in total. The van der Waals surface area contributed by atoms with Crippen molar-refractivity contribution in [3.8, 4) is 5.75 Å². The zero-order chi connectivity index (χ0) is 15.2. The third kappa shape index (κ3) is 4.37. The van der Waals surface area contributed by atoms with Crippen molar-refractivity contribution in [2.45, 2.75) is 32.1 Å². The average Bonchev–Trinajstić information content (AvgIpc) is 2.94. The summed E-state index contributed by atoms with van der Waals surface area (Å²) >= 11 is 0. The van der Waals surface area contributed by atoms with Crippen LogP contribution in [0.25, 0.3) is 0 Å². The number of carboxylic acid groups (broad SMARTS) is 1. The minimum absolute atomic E-state index is 0.0281. The molecule has 2 rings (SSSR count). The largest absolute Gasteiger partial charge is 0.506 e. The summed E-state index contributed by atoms with van der Waals surface area (Å²) in [6.07, 6.45) is 6.00. The number of benzene rings is 1. The number of rotatable bonds is 5. The van der Waals surface area contributed by atoms with Crippen molar-refractivity contribution in [1.82, 2.24) is 5.32 Å². The van der Waals surface area contributed by atoms with E-state index in [-0.39, 0.29) is 17.0 Å². The van der Waals surface area contributed by atoms with E-state index in [4.69, 9.17) is 5.11 Å². The van der Waals surface area contributed by atoms with Gasteiger partial charge in [-0.05, 0) is 30.5 Å². The van der Waals surface area contributed by atoms with Gasteiger partial charge in [0, 0.05) is 6.54 Å².